The Bertz CT molecular complexity index is 1890. The number of ether oxygens (including phenoxy) is 1. The van der Waals surface area contributed by atoms with Crippen LogP contribution in [0.25, 0.3) is 33.3 Å². The molecule has 1 aromatic heterocycles. The molecule has 11 heteroatoms. The first kappa shape index (κ1) is 27.9. The number of halogens is 5. The lowest BCUT2D eigenvalue weighted by Crippen LogP contribution is -2.14. The van der Waals surface area contributed by atoms with Crippen molar-refractivity contribution in [2.45, 2.75) is 11.3 Å². The summed E-state index contributed by atoms with van der Waals surface area (Å²) in [6.45, 7) is 0. The maximum absolute atomic E-state index is 14.2. The Morgan fingerprint density at radius 2 is 1.65 bits per heavy atom. The topological polar surface area (TPSA) is 65.4 Å². The molecule has 0 saturated carbocycles. The molecule has 5 nitrogen and oxygen atoms in total. The average molecular weight is 649 g/mol. The van der Waals surface area contributed by atoms with E-state index in [0.29, 0.717) is 26.5 Å². The molecule has 0 atom stereocenters. The Hall–Kier alpha value is -3.60. The van der Waals surface area contributed by atoms with E-state index in [1.54, 1.807) is 36.4 Å². The van der Waals surface area contributed by atoms with Gasteiger partial charge in [-0.3, -0.25) is 0 Å². The van der Waals surface area contributed by atoms with Crippen LogP contribution in [0.3, 0.4) is 0 Å². The second kappa shape index (κ2) is 10.8. The van der Waals surface area contributed by atoms with Gasteiger partial charge in [0.2, 0.25) is 0 Å². The molecule has 0 saturated heterocycles. The van der Waals surface area contributed by atoms with Crippen LogP contribution in [0.1, 0.15) is 22.3 Å². The zero-order valence-corrected chi connectivity index (χ0v) is 23.7. The minimum Gasteiger partial charge on any atom is -0.465 e. The van der Waals surface area contributed by atoms with Crippen molar-refractivity contribution in [2.75, 3.05) is 7.11 Å². The zero-order chi connectivity index (χ0) is 28.8. The molecule has 204 valence electrons. The van der Waals surface area contributed by atoms with Crippen molar-refractivity contribution in [2.24, 2.45) is 0 Å². The quantitative estimate of drug-likeness (QED) is 0.173. The maximum atomic E-state index is 14.2. The molecule has 4 aromatic carbocycles. The highest BCUT2D eigenvalue weighted by Crippen LogP contribution is 2.42. The molecular formula is C29H18BrClF3NO4S. The van der Waals surface area contributed by atoms with Crippen LogP contribution in [0.2, 0.25) is 5.02 Å². The Kier molecular flexibility index (Phi) is 7.52. The number of rotatable bonds is 6. The number of benzene rings is 4. The Morgan fingerprint density at radius 3 is 2.30 bits per heavy atom. The van der Waals surface area contributed by atoms with Crippen LogP contribution in [0.5, 0.6) is 0 Å². The molecule has 0 aliphatic carbocycles. The van der Waals surface area contributed by atoms with Crippen LogP contribution in [0.4, 0.5) is 13.2 Å². The number of nitrogens with zero attached hydrogens (tertiary/aromatic N) is 1. The summed E-state index contributed by atoms with van der Waals surface area (Å²) >= 11 is 9.95. The third kappa shape index (κ3) is 4.91. The lowest BCUT2D eigenvalue weighted by Gasteiger charge is -2.14. The van der Waals surface area contributed by atoms with Gasteiger partial charge in [-0.25, -0.2) is 30.4 Å². The fourth-order valence-corrected chi connectivity index (χ4v) is 7.09. The molecule has 0 spiro atoms. The second-order valence-corrected chi connectivity index (χ2v) is 11.7. The summed E-state index contributed by atoms with van der Waals surface area (Å²) in [5.74, 6) is -1.11. The normalized spacial score (nSPS) is 11.8. The highest BCUT2D eigenvalue weighted by molar-refractivity contribution is 9.10. The highest BCUT2D eigenvalue weighted by Gasteiger charge is 2.28. The third-order valence-electron chi connectivity index (χ3n) is 6.33. The van der Waals surface area contributed by atoms with Crippen molar-refractivity contribution in [1.29, 1.82) is 0 Å². The monoisotopic (exact) mass is 647 g/mol. The van der Waals surface area contributed by atoms with Gasteiger partial charge in [-0.15, -0.1) is 0 Å². The fourth-order valence-electron chi connectivity index (χ4n) is 4.41. The summed E-state index contributed by atoms with van der Waals surface area (Å²) in [6, 6.07) is 19.6. The Labute approximate surface area is 241 Å². The number of carbonyl (C=O) groups excluding carboxylic acids is 1. The minimum atomic E-state index is -4.34. The lowest BCUT2D eigenvalue weighted by molar-refractivity contribution is 0.0600. The van der Waals surface area contributed by atoms with Gasteiger partial charge in [-0.1, -0.05) is 48.0 Å². The van der Waals surface area contributed by atoms with Crippen LogP contribution >= 0.6 is 27.5 Å². The van der Waals surface area contributed by atoms with E-state index < -0.39 is 28.2 Å². The van der Waals surface area contributed by atoms with Crippen molar-refractivity contribution in [3.05, 3.63) is 111 Å². The summed E-state index contributed by atoms with van der Waals surface area (Å²) in [7, 11) is -3.08. The van der Waals surface area contributed by atoms with Gasteiger partial charge in [0.15, 0.2) is 0 Å². The molecule has 0 radical (unpaired) electrons. The molecule has 0 N–H and O–H groups in total. The van der Waals surface area contributed by atoms with Crippen LogP contribution in [-0.2, 0) is 14.8 Å². The largest absolute Gasteiger partial charge is 0.465 e. The van der Waals surface area contributed by atoms with Gasteiger partial charge in [0.1, 0.15) is 5.82 Å². The van der Waals surface area contributed by atoms with Crippen LogP contribution in [0, 0.1) is 5.82 Å². The van der Waals surface area contributed by atoms with E-state index in [4.69, 9.17) is 16.3 Å². The van der Waals surface area contributed by atoms with Crippen molar-refractivity contribution in [3.63, 3.8) is 0 Å². The first-order chi connectivity index (χ1) is 19.0. The van der Waals surface area contributed by atoms with Gasteiger partial charge in [0, 0.05) is 27.1 Å². The Morgan fingerprint density at radius 1 is 0.950 bits per heavy atom. The van der Waals surface area contributed by atoms with Gasteiger partial charge in [0.25, 0.3) is 16.4 Å². The molecule has 0 aliphatic heterocycles. The second-order valence-electron chi connectivity index (χ2n) is 8.73. The lowest BCUT2D eigenvalue weighted by atomic mass is 10.0. The van der Waals surface area contributed by atoms with E-state index in [2.05, 4.69) is 15.9 Å². The number of hydrogen-bond acceptors (Lipinski definition) is 4. The van der Waals surface area contributed by atoms with E-state index >= 15 is 0 Å². The minimum absolute atomic E-state index is 0.187. The molecule has 0 unspecified atom stereocenters. The van der Waals surface area contributed by atoms with Crippen LogP contribution in [0.15, 0.2) is 94.3 Å². The van der Waals surface area contributed by atoms with E-state index in [1.807, 2.05) is 0 Å². The van der Waals surface area contributed by atoms with E-state index in [-0.39, 0.29) is 32.3 Å². The molecule has 0 amide bonds. The fraction of sp³-hybridized carbons (Fsp3) is 0.0690. The van der Waals surface area contributed by atoms with E-state index in [1.165, 1.54) is 25.3 Å². The first-order valence-corrected chi connectivity index (χ1v) is 14.3. The zero-order valence-electron chi connectivity index (χ0n) is 20.5. The molecule has 0 aliphatic rings. The summed E-state index contributed by atoms with van der Waals surface area (Å²) in [4.78, 5) is 11.7. The number of carbonyl (C=O) groups is 1. The van der Waals surface area contributed by atoms with E-state index in [0.717, 1.165) is 34.3 Å². The third-order valence-corrected chi connectivity index (χ3v) is 9.18. The molecule has 40 heavy (non-hydrogen) atoms. The summed E-state index contributed by atoms with van der Waals surface area (Å²) in [6.07, 6.45) is -2.76. The number of aromatic nitrogens is 1. The van der Waals surface area contributed by atoms with Crippen LogP contribution in [-0.4, -0.2) is 25.5 Å². The van der Waals surface area contributed by atoms with Gasteiger partial charge in [-0.05, 0) is 70.0 Å². The number of alkyl halides is 2. The molecule has 5 rings (SSSR count). The first-order valence-electron chi connectivity index (χ1n) is 11.6. The molecule has 0 fully saturated rings. The summed E-state index contributed by atoms with van der Waals surface area (Å²) in [5.41, 5.74) is 1.97. The van der Waals surface area contributed by atoms with Crippen molar-refractivity contribution < 1.29 is 31.1 Å². The summed E-state index contributed by atoms with van der Waals surface area (Å²) in [5, 5.41) is 0.571. The van der Waals surface area contributed by atoms with Gasteiger partial charge in [0.05, 0.1) is 33.3 Å². The highest BCUT2D eigenvalue weighted by atomic mass is 79.9. The van der Waals surface area contributed by atoms with Crippen molar-refractivity contribution >= 4 is 54.4 Å². The van der Waals surface area contributed by atoms with Crippen LogP contribution < -0.4 is 0 Å². The number of esters is 1. The van der Waals surface area contributed by atoms with Gasteiger partial charge < -0.3 is 4.74 Å². The van der Waals surface area contributed by atoms with Gasteiger partial charge >= 0.3 is 5.97 Å². The van der Waals surface area contributed by atoms with Crippen molar-refractivity contribution in [1.82, 2.24) is 3.97 Å². The number of hydrogen-bond donors (Lipinski definition) is 0. The number of methoxy groups -OCH3 is 1. The standard InChI is InChI=1S/C29H18BrClF3NO4S/c1-39-29(36)19-7-11-22(24(31)14-19)17-3-2-4-18(13-17)27-26(30)23-15-20(32)8-12-25(23)35(27)40(37,38)21-9-5-16(6-10-21)28(33)34/h2-15,28H,1H3. The SMILES string of the molecule is COC(=O)c1ccc(-c2cccc(-c3c(Br)c4cc(F)ccc4n3S(=O)(=O)c3ccc(C(F)F)cc3)c2)c(Cl)c1. The van der Waals surface area contributed by atoms with E-state index in [9.17, 15) is 26.4 Å². The number of fused-ring (bicyclic) bond motifs is 1. The molecule has 0 bridgehead atoms. The predicted octanol–water partition coefficient (Wildman–Crippen LogP) is 8.49. The maximum Gasteiger partial charge on any atom is 0.337 e. The predicted molar refractivity (Wildman–Crippen MR) is 151 cm³/mol. The smallest absolute Gasteiger partial charge is 0.337 e. The molecular weight excluding hydrogens is 631 g/mol. The molecule has 5 aromatic rings. The van der Waals surface area contributed by atoms with Crippen molar-refractivity contribution in [3.8, 4) is 22.4 Å². The van der Waals surface area contributed by atoms with Gasteiger partial charge in [-0.2, -0.15) is 0 Å². The average Bonchev–Trinajstić information content (AvgIpc) is 3.24. The molecule has 1 heterocycles. The Balaban J connectivity index is 1.72. The summed E-state index contributed by atoms with van der Waals surface area (Å²) < 4.78 is 74.5.